The average Bonchev–Trinajstić information content (AvgIpc) is 2.65. The van der Waals surface area contributed by atoms with E-state index in [0.717, 1.165) is 11.8 Å². The summed E-state index contributed by atoms with van der Waals surface area (Å²) in [4.78, 5) is 21.5. The molecule has 0 aromatic heterocycles. The Morgan fingerprint density at radius 3 is 2.53 bits per heavy atom. The minimum absolute atomic E-state index is 0.132. The molecule has 0 saturated carbocycles. The number of hydrogen-bond acceptors (Lipinski definition) is 4. The van der Waals surface area contributed by atoms with Crippen LogP contribution in [0.1, 0.15) is 12.8 Å². The molecule has 1 aliphatic heterocycles. The van der Waals surface area contributed by atoms with E-state index in [-0.39, 0.29) is 12.8 Å². The summed E-state index contributed by atoms with van der Waals surface area (Å²) >= 11 is 6.76. The standard InChI is InChI=1S/C11H9ClO4S/c12-7-1-3-8(4-2-7)17-11(10(14)15)6-5-9(13)16-11/h1-4H,5-6H2,(H,14,15). The lowest BCUT2D eigenvalue weighted by atomic mass is 10.2. The van der Waals surface area contributed by atoms with Crippen LogP contribution in [0.3, 0.4) is 0 Å². The molecule has 0 bridgehead atoms. The first kappa shape index (κ1) is 12.3. The number of ether oxygens (including phenoxy) is 1. The maximum absolute atomic E-state index is 11.2. The largest absolute Gasteiger partial charge is 0.478 e. The van der Waals surface area contributed by atoms with Gasteiger partial charge in [-0.15, -0.1) is 0 Å². The number of halogens is 1. The van der Waals surface area contributed by atoms with E-state index in [2.05, 4.69) is 0 Å². The van der Waals surface area contributed by atoms with Crippen molar-refractivity contribution in [1.29, 1.82) is 0 Å². The van der Waals surface area contributed by atoms with Gasteiger partial charge in [-0.25, -0.2) is 4.79 Å². The lowest BCUT2D eigenvalue weighted by Gasteiger charge is -2.21. The van der Waals surface area contributed by atoms with Crippen LogP contribution in [0.2, 0.25) is 5.02 Å². The number of hydrogen-bond donors (Lipinski definition) is 1. The zero-order chi connectivity index (χ0) is 12.5. The first-order chi connectivity index (χ1) is 8.02. The molecule has 1 heterocycles. The summed E-state index contributed by atoms with van der Waals surface area (Å²) < 4.78 is 4.94. The lowest BCUT2D eigenvalue weighted by Crippen LogP contribution is -2.34. The van der Waals surface area contributed by atoms with Crippen LogP contribution in [-0.4, -0.2) is 22.0 Å². The number of benzene rings is 1. The van der Waals surface area contributed by atoms with Crippen molar-refractivity contribution in [1.82, 2.24) is 0 Å². The number of carbonyl (C=O) groups excluding carboxylic acids is 1. The van der Waals surface area contributed by atoms with Crippen LogP contribution in [0.5, 0.6) is 0 Å². The summed E-state index contributed by atoms with van der Waals surface area (Å²) in [6.45, 7) is 0. The fraction of sp³-hybridized carbons (Fsp3) is 0.273. The van der Waals surface area contributed by atoms with Gasteiger partial charge in [0, 0.05) is 16.3 Å². The van der Waals surface area contributed by atoms with Gasteiger partial charge in [0.1, 0.15) is 0 Å². The van der Waals surface area contributed by atoms with Crippen LogP contribution in [-0.2, 0) is 14.3 Å². The molecule has 90 valence electrons. The Morgan fingerprint density at radius 2 is 2.06 bits per heavy atom. The van der Waals surface area contributed by atoms with E-state index in [4.69, 9.17) is 16.3 Å². The van der Waals surface area contributed by atoms with E-state index in [1.54, 1.807) is 24.3 Å². The molecule has 6 heteroatoms. The van der Waals surface area contributed by atoms with Gasteiger partial charge >= 0.3 is 11.9 Å². The number of esters is 1. The van der Waals surface area contributed by atoms with Gasteiger partial charge in [0.15, 0.2) is 0 Å². The summed E-state index contributed by atoms with van der Waals surface area (Å²) in [7, 11) is 0. The minimum atomic E-state index is -1.50. The number of rotatable bonds is 3. The summed E-state index contributed by atoms with van der Waals surface area (Å²) in [5, 5.41) is 9.74. The van der Waals surface area contributed by atoms with E-state index in [0.29, 0.717) is 9.92 Å². The van der Waals surface area contributed by atoms with Crippen LogP contribution in [0.4, 0.5) is 0 Å². The second-order valence-corrected chi connectivity index (χ2v) is 5.36. The predicted octanol–water partition coefficient (Wildman–Crippen LogP) is 2.55. The zero-order valence-corrected chi connectivity index (χ0v) is 10.3. The molecule has 1 atom stereocenters. The molecule has 17 heavy (non-hydrogen) atoms. The summed E-state index contributed by atoms with van der Waals surface area (Å²) in [6.07, 6.45) is 0.307. The van der Waals surface area contributed by atoms with Gasteiger partial charge in [0.2, 0.25) is 0 Å². The first-order valence-electron chi connectivity index (χ1n) is 4.92. The maximum atomic E-state index is 11.2. The lowest BCUT2D eigenvalue weighted by molar-refractivity contribution is -0.160. The van der Waals surface area contributed by atoms with Crippen LogP contribution in [0, 0.1) is 0 Å². The molecular weight excluding hydrogens is 264 g/mol. The van der Waals surface area contributed by atoms with Crippen molar-refractivity contribution in [3.8, 4) is 0 Å². The molecular formula is C11H9ClO4S. The van der Waals surface area contributed by atoms with Crippen LogP contribution in [0.15, 0.2) is 29.2 Å². The van der Waals surface area contributed by atoms with Crippen molar-refractivity contribution >= 4 is 35.3 Å². The van der Waals surface area contributed by atoms with Crippen molar-refractivity contribution < 1.29 is 19.4 Å². The maximum Gasteiger partial charge on any atom is 0.359 e. The van der Waals surface area contributed by atoms with E-state index >= 15 is 0 Å². The molecule has 4 nitrogen and oxygen atoms in total. The van der Waals surface area contributed by atoms with Gasteiger partial charge in [-0.2, -0.15) is 0 Å². The summed E-state index contributed by atoms with van der Waals surface area (Å²) in [6, 6.07) is 6.72. The molecule has 1 saturated heterocycles. The van der Waals surface area contributed by atoms with Gasteiger partial charge in [-0.1, -0.05) is 23.4 Å². The number of thioether (sulfide) groups is 1. The predicted molar refractivity (Wildman–Crippen MR) is 63.0 cm³/mol. The average molecular weight is 273 g/mol. The number of carboxylic acids is 1. The second kappa shape index (κ2) is 4.58. The number of carboxylic acid groups (broad SMARTS) is 1. The fourth-order valence-corrected chi connectivity index (χ4v) is 2.72. The van der Waals surface area contributed by atoms with Crippen LogP contribution >= 0.6 is 23.4 Å². The van der Waals surface area contributed by atoms with Crippen molar-refractivity contribution in [3.05, 3.63) is 29.3 Å². The number of cyclic esters (lactones) is 1. The van der Waals surface area contributed by atoms with Crippen LogP contribution < -0.4 is 0 Å². The van der Waals surface area contributed by atoms with Crippen molar-refractivity contribution in [2.45, 2.75) is 22.7 Å². The third-order valence-electron chi connectivity index (χ3n) is 2.36. The second-order valence-electron chi connectivity index (χ2n) is 3.59. The smallest absolute Gasteiger partial charge is 0.359 e. The van der Waals surface area contributed by atoms with Gasteiger partial charge in [-0.05, 0) is 24.3 Å². The SMILES string of the molecule is O=C1CCC(Sc2ccc(Cl)cc2)(C(=O)O)O1. The summed E-state index contributed by atoms with van der Waals surface area (Å²) in [5.74, 6) is -1.61. The fourth-order valence-electron chi connectivity index (χ4n) is 1.51. The molecule has 1 aliphatic rings. The monoisotopic (exact) mass is 272 g/mol. The van der Waals surface area contributed by atoms with Gasteiger partial charge in [0.05, 0.1) is 6.42 Å². The van der Waals surface area contributed by atoms with E-state index in [1.807, 2.05) is 0 Å². The highest BCUT2D eigenvalue weighted by Crippen LogP contribution is 2.42. The Hall–Kier alpha value is -1.20. The topological polar surface area (TPSA) is 63.6 Å². The number of carbonyl (C=O) groups is 2. The third kappa shape index (κ3) is 2.56. The molecule has 1 aromatic carbocycles. The highest BCUT2D eigenvalue weighted by molar-refractivity contribution is 8.01. The Bertz CT molecular complexity index is 459. The van der Waals surface area contributed by atoms with Gasteiger partial charge in [-0.3, -0.25) is 4.79 Å². The Labute approximate surface area is 107 Å². The molecule has 0 spiro atoms. The van der Waals surface area contributed by atoms with Gasteiger partial charge < -0.3 is 9.84 Å². The van der Waals surface area contributed by atoms with E-state index < -0.39 is 16.9 Å². The Kier molecular flexibility index (Phi) is 3.31. The summed E-state index contributed by atoms with van der Waals surface area (Å²) in [5.41, 5.74) is 0. The molecule has 0 aliphatic carbocycles. The molecule has 1 N–H and O–H groups in total. The molecule has 1 unspecified atom stereocenters. The molecule has 2 rings (SSSR count). The highest BCUT2D eigenvalue weighted by Gasteiger charge is 2.48. The minimum Gasteiger partial charge on any atom is -0.478 e. The highest BCUT2D eigenvalue weighted by atomic mass is 35.5. The molecule has 0 amide bonds. The Morgan fingerprint density at radius 1 is 1.41 bits per heavy atom. The Balaban J connectivity index is 2.22. The van der Waals surface area contributed by atoms with E-state index in [1.165, 1.54) is 0 Å². The number of aliphatic carboxylic acids is 1. The van der Waals surface area contributed by atoms with Crippen molar-refractivity contribution in [2.75, 3.05) is 0 Å². The van der Waals surface area contributed by atoms with Crippen molar-refractivity contribution in [3.63, 3.8) is 0 Å². The molecule has 1 fully saturated rings. The first-order valence-corrected chi connectivity index (χ1v) is 6.11. The zero-order valence-electron chi connectivity index (χ0n) is 8.68. The molecule has 1 aromatic rings. The van der Waals surface area contributed by atoms with E-state index in [9.17, 15) is 14.7 Å². The third-order valence-corrected chi connectivity index (χ3v) is 3.91. The van der Waals surface area contributed by atoms with Crippen molar-refractivity contribution in [2.24, 2.45) is 0 Å². The van der Waals surface area contributed by atoms with Crippen LogP contribution in [0.25, 0.3) is 0 Å². The normalized spacial score (nSPS) is 23.5. The quantitative estimate of drug-likeness (QED) is 0.857. The van der Waals surface area contributed by atoms with Gasteiger partial charge in [0.25, 0.3) is 4.93 Å². The molecule has 0 radical (unpaired) electrons.